The van der Waals surface area contributed by atoms with E-state index in [4.69, 9.17) is 0 Å². The Morgan fingerprint density at radius 2 is 1.92 bits per heavy atom. The van der Waals surface area contributed by atoms with E-state index in [1.807, 2.05) is 0 Å². The first-order valence-electron chi connectivity index (χ1n) is 5.37. The van der Waals surface area contributed by atoms with Crippen molar-refractivity contribution in [3.8, 4) is 0 Å². The Kier molecular flexibility index (Phi) is 2.46. The van der Waals surface area contributed by atoms with Gasteiger partial charge < -0.3 is 0 Å². The first-order chi connectivity index (χ1) is 6.24. The minimum atomic E-state index is 0.733. The lowest BCUT2D eigenvalue weighted by Crippen LogP contribution is -1.87. The van der Waals surface area contributed by atoms with Crippen molar-refractivity contribution in [2.24, 2.45) is 0 Å². The summed E-state index contributed by atoms with van der Waals surface area (Å²) in [5.41, 5.74) is 3.44. The lowest BCUT2D eigenvalue weighted by molar-refractivity contribution is 0.855. The summed E-state index contributed by atoms with van der Waals surface area (Å²) in [5, 5.41) is 0. The zero-order valence-electron chi connectivity index (χ0n) is 8.81. The predicted molar refractivity (Wildman–Crippen MR) is 59.8 cm³/mol. The largest absolute Gasteiger partial charge is 0.145 e. The molecule has 1 aliphatic carbocycles. The molecule has 1 aromatic rings. The van der Waals surface area contributed by atoms with E-state index in [1.165, 1.54) is 25.7 Å². The molecule has 0 atom stereocenters. The molecule has 72 valence electrons. The normalized spacial score (nSPS) is 15.4. The Balaban J connectivity index is 2.48. The third kappa shape index (κ3) is 1.43. The van der Waals surface area contributed by atoms with Crippen molar-refractivity contribution in [1.82, 2.24) is 0 Å². The maximum absolute atomic E-state index is 2.32. The van der Waals surface area contributed by atoms with E-state index in [9.17, 15) is 0 Å². The van der Waals surface area contributed by atoms with Crippen LogP contribution in [0.4, 0.5) is 0 Å². The zero-order valence-corrected chi connectivity index (χ0v) is 9.63. The number of fused-ring (bicyclic) bond motifs is 1. The van der Waals surface area contributed by atoms with E-state index < -0.39 is 0 Å². The smallest absolute Gasteiger partial charge is 0.0108 e. The number of thiophene rings is 1. The molecule has 1 aromatic heterocycles. The summed E-state index contributed by atoms with van der Waals surface area (Å²) in [6, 6.07) is 0. The summed E-state index contributed by atoms with van der Waals surface area (Å²) in [7, 11) is 0. The molecule has 1 heteroatoms. The molecule has 0 spiro atoms. The number of aryl methyl sites for hydroxylation is 1. The van der Waals surface area contributed by atoms with Crippen molar-refractivity contribution in [2.45, 2.75) is 52.4 Å². The van der Waals surface area contributed by atoms with Gasteiger partial charge in [0.15, 0.2) is 0 Å². The maximum atomic E-state index is 2.32. The van der Waals surface area contributed by atoms with E-state index in [0.717, 1.165) is 5.92 Å². The van der Waals surface area contributed by atoms with Gasteiger partial charge in [-0.3, -0.25) is 0 Å². The topological polar surface area (TPSA) is 0 Å². The van der Waals surface area contributed by atoms with Crippen LogP contribution in [0.15, 0.2) is 0 Å². The maximum Gasteiger partial charge on any atom is 0.0108 e. The van der Waals surface area contributed by atoms with Gasteiger partial charge in [-0.15, -0.1) is 11.3 Å². The Labute approximate surface area is 85.0 Å². The summed E-state index contributed by atoms with van der Waals surface area (Å²) in [5.74, 6) is 0.733. The molecule has 1 heterocycles. The molecule has 0 N–H and O–H groups in total. The molecular weight excluding hydrogens is 176 g/mol. The fraction of sp³-hybridized carbons (Fsp3) is 0.667. The van der Waals surface area contributed by atoms with E-state index >= 15 is 0 Å². The van der Waals surface area contributed by atoms with Gasteiger partial charge in [0.1, 0.15) is 0 Å². The van der Waals surface area contributed by atoms with Crippen LogP contribution in [0.25, 0.3) is 0 Å². The van der Waals surface area contributed by atoms with Crippen LogP contribution in [-0.2, 0) is 19.3 Å². The van der Waals surface area contributed by atoms with Crippen molar-refractivity contribution < 1.29 is 0 Å². The second kappa shape index (κ2) is 3.45. The standard InChI is InChI=1S/C12H18S/c1-4-11-9-6-5-7-10(9)12(13-11)8(2)3/h8H,4-7H2,1-3H3. The van der Waals surface area contributed by atoms with Crippen LogP contribution < -0.4 is 0 Å². The monoisotopic (exact) mass is 194 g/mol. The summed E-state index contributed by atoms with van der Waals surface area (Å²) in [6.45, 7) is 6.93. The summed E-state index contributed by atoms with van der Waals surface area (Å²) in [6.07, 6.45) is 5.33. The highest BCUT2D eigenvalue weighted by Crippen LogP contribution is 2.39. The minimum Gasteiger partial charge on any atom is -0.145 e. The summed E-state index contributed by atoms with van der Waals surface area (Å²) >= 11 is 2.07. The summed E-state index contributed by atoms with van der Waals surface area (Å²) < 4.78 is 0. The lowest BCUT2D eigenvalue weighted by atomic mass is 10.0. The molecule has 0 amide bonds. The fourth-order valence-electron chi connectivity index (χ4n) is 2.33. The average molecular weight is 194 g/mol. The number of rotatable bonds is 2. The second-order valence-electron chi connectivity index (χ2n) is 4.21. The van der Waals surface area contributed by atoms with Crippen LogP contribution in [0.2, 0.25) is 0 Å². The number of hydrogen-bond donors (Lipinski definition) is 0. The third-order valence-corrected chi connectivity index (χ3v) is 4.65. The SMILES string of the molecule is CCc1sc(C(C)C)c2c1CCC2. The van der Waals surface area contributed by atoms with E-state index in [-0.39, 0.29) is 0 Å². The Bertz CT molecular complexity index is 307. The molecule has 0 saturated heterocycles. The van der Waals surface area contributed by atoms with Gasteiger partial charge in [0.25, 0.3) is 0 Å². The average Bonchev–Trinajstić information content (AvgIpc) is 2.61. The van der Waals surface area contributed by atoms with Crippen LogP contribution in [0.3, 0.4) is 0 Å². The third-order valence-electron chi connectivity index (χ3n) is 2.93. The zero-order chi connectivity index (χ0) is 9.42. The Hall–Kier alpha value is -0.300. The quantitative estimate of drug-likeness (QED) is 0.669. The van der Waals surface area contributed by atoms with Crippen molar-refractivity contribution in [1.29, 1.82) is 0 Å². The molecule has 0 aromatic carbocycles. The van der Waals surface area contributed by atoms with Gasteiger partial charge in [-0.25, -0.2) is 0 Å². The highest BCUT2D eigenvalue weighted by atomic mass is 32.1. The molecule has 0 saturated carbocycles. The van der Waals surface area contributed by atoms with Crippen molar-refractivity contribution in [3.63, 3.8) is 0 Å². The second-order valence-corrected chi connectivity index (χ2v) is 5.35. The molecule has 0 aliphatic heterocycles. The van der Waals surface area contributed by atoms with Gasteiger partial charge in [-0.05, 0) is 42.7 Å². The highest BCUT2D eigenvalue weighted by Gasteiger charge is 2.22. The molecule has 0 radical (unpaired) electrons. The predicted octanol–water partition coefficient (Wildman–Crippen LogP) is 3.92. The lowest BCUT2D eigenvalue weighted by Gasteiger charge is -2.03. The van der Waals surface area contributed by atoms with Gasteiger partial charge in [0.05, 0.1) is 0 Å². The van der Waals surface area contributed by atoms with Crippen LogP contribution in [0.1, 0.15) is 54.0 Å². The molecule has 1 aliphatic rings. The molecule has 2 rings (SSSR count). The Morgan fingerprint density at radius 1 is 1.23 bits per heavy atom. The van der Waals surface area contributed by atoms with E-state index in [2.05, 4.69) is 32.1 Å². The molecule has 13 heavy (non-hydrogen) atoms. The first kappa shape index (κ1) is 9.26. The van der Waals surface area contributed by atoms with Crippen molar-refractivity contribution >= 4 is 11.3 Å². The highest BCUT2D eigenvalue weighted by molar-refractivity contribution is 7.12. The Morgan fingerprint density at radius 3 is 2.54 bits per heavy atom. The minimum absolute atomic E-state index is 0.733. The molecule has 0 bridgehead atoms. The van der Waals surface area contributed by atoms with Crippen molar-refractivity contribution in [3.05, 3.63) is 20.9 Å². The molecule has 0 fully saturated rings. The molecule has 0 nitrogen and oxygen atoms in total. The van der Waals surface area contributed by atoms with Gasteiger partial charge in [-0.2, -0.15) is 0 Å². The molecule has 0 unspecified atom stereocenters. The summed E-state index contributed by atoms with van der Waals surface area (Å²) in [4.78, 5) is 3.33. The van der Waals surface area contributed by atoms with Crippen LogP contribution in [0.5, 0.6) is 0 Å². The van der Waals surface area contributed by atoms with E-state index in [1.54, 1.807) is 20.9 Å². The fourth-order valence-corrected chi connectivity index (χ4v) is 3.67. The van der Waals surface area contributed by atoms with Crippen LogP contribution in [0, 0.1) is 0 Å². The van der Waals surface area contributed by atoms with E-state index in [0.29, 0.717) is 0 Å². The first-order valence-corrected chi connectivity index (χ1v) is 6.19. The van der Waals surface area contributed by atoms with Crippen molar-refractivity contribution in [2.75, 3.05) is 0 Å². The number of hydrogen-bond acceptors (Lipinski definition) is 1. The van der Waals surface area contributed by atoms with Crippen LogP contribution >= 0.6 is 11.3 Å². The van der Waals surface area contributed by atoms with Gasteiger partial charge in [0, 0.05) is 9.75 Å². The van der Waals surface area contributed by atoms with Crippen LogP contribution in [-0.4, -0.2) is 0 Å². The van der Waals surface area contributed by atoms with Gasteiger partial charge in [0.2, 0.25) is 0 Å². The molecular formula is C12H18S. The van der Waals surface area contributed by atoms with Gasteiger partial charge in [-0.1, -0.05) is 20.8 Å². The van der Waals surface area contributed by atoms with Gasteiger partial charge >= 0.3 is 0 Å².